The standard InChI is InChI=1S/C17H25N5S2.HI/c1-3-15-20-14(13-24-15)12-19-17(18-4-2)22-9-7-21(8-10-22)16-6-5-11-23-16;/h5-6,11,13H,3-4,7-10,12H2,1-2H3,(H,18,19);1H. The van der Waals surface area contributed by atoms with Crippen molar-refractivity contribution < 1.29 is 0 Å². The summed E-state index contributed by atoms with van der Waals surface area (Å²) in [6.45, 7) is 9.90. The van der Waals surface area contributed by atoms with Crippen LogP contribution in [0, 0.1) is 0 Å². The number of hydrogen-bond acceptors (Lipinski definition) is 5. The molecule has 8 heteroatoms. The van der Waals surface area contributed by atoms with Crippen molar-refractivity contribution in [3.63, 3.8) is 0 Å². The van der Waals surface area contributed by atoms with Crippen LogP contribution in [0.5, 0.6) is 0 Å². The molecule has 2 aromatic rings. The molecule has 1 aliphatic heterocycles. The van der Waals surface area contributed by atoms with Crippen molar-refractivity contribution in [2.75, 3.05) is 37.6 Å². The van der Waals surface area contributed by atoms with Gasteiger partial charge in [-0.3, -0.25) is 0 Å². The van der Waals surface area contributed by atoms with Gasteiger partial charge >= 0.3 is 0 Å². The molecule has 0 unspecified atom stereocenters. The first-order chi connectivity index (χ1) is 11.8. The zero-order chi connectivity index (χ0) is 16.8. The number of nitrogens with one attached hydrogen (secondary N) is 1. The Bertz CT molecular complexity index is 648. The van der Waals surface area contributed by atoms with Crippen molar-refractivity contribution in [3.05, 3.63) is 33.6 Å². The molecule has 138 valence electrons. The van der Waals surface area contributed by atoms with Crippen LogP contribution in [0.4, 0.5) is 5.00 Å². The number of aliphatic imine (C=N–C) groups is 1. The Hall–Kier alpha value is -0.870. The fourth-order valence-electron chi connectivity index (χ4n) is 2.75. The summed E-state index contributed by atoms with van der Waals surface area (Å²) >= 11 is 3.54. The molecule has 0 saturated carbocycles. The Morgan fingerprint density at radius 2 is 2.04 bits per heavy atom. The SMILES string of the molecule is CCNC(=NCc1csc(CC)n1)N1CCN(c2cccs2)CC1.I. The van der Waals surface area contributed by atoms with Crippen LogP contribution in [0.15, 0.2) is 27.9 Å². The topological polar surface area (TPSA) is 43.8 Å². The van der Waals surface area contributed by atoms with Crippen LogP contribution in [-0.2, 0) is 13.0 Å². The summed E-state index contributed by atoms with van der Waals surface area (Å²) in [6.07, 6.45) is 0.999. The van der Waals surface area contributed by atoms with Crippen molar-refractivity contribution in [1.82, 2.24) is 15.2 Å². The Morgan fingerprint density at radius 1 is 1.24 bits per heavy atom. The number of halogens is 1. The van der Waals surface area contributed by atoms with Gasteiger partial charge in [0.25, 0.3) is 0 Å². The van der Waals surface area contributed by atoms with Crippen LogP contribution in [0.3, 0.4) is 0 Å². The molecule has 25 heavy (non-hydrogen) atoms. The molecule has 1 fully saturated rings. The number of thiazole rings is 1. The fourth-order valence-corrected chi connectivity index (χ4v) is 4.28. The zero-order valence-corrected chi connectivity index (χ0v) is 18.7. The summed E-state index contributed by atoms with van der Waals surface area (Å²) in [6, 6.07) is 4.32. The van der Waals surface area contributed by atoms with Gasteiger partial charge < -0.3 is 15.1 Å². The summed E-state index contributed by atoms with van der Waals surface area (Å²) < 4.78 is 0. The van der Waals surface area contributed by atoms with Crippen LogP contribution in [-0.4, -0.2) is 48.6 Å². The molecule has 2 aromatic heterocycles. The van der Waals surface area contributed by atoms with Crippen molar-refractivity contribution in [2.45, 2.75) is 26.8 Å². The van der Waals surface area contributed by atoms with Gasteiger partial charge in [0.15, 0.2) is 5.96 Å². The van der Waals surface area contributed by atoms with Crippen molar-refractivity contribution >= 4 is 57.6 Å². The highest BCUT2D eigenvalue weighted by Crippen LogP contribution is 2.22. The predicted octanol–water partition coefficient (Wildman–Crippen LogP) is 3.67. The lowest BCUT2D eigenvalue weighted by atomic mass is 10.3. The van der Waals surface area contributed by atoms with Gasteiger partial charge in [0, 0.05) is 38.1 Å². The van der Waals surface area contributed by atoms with Gasteiger partial charge in [-0.15, -0.1) is 46.7 Å². The largest absolute Gasteiger partial charge is 0.360 e. The molecule has 1 saturated heterocycles. The van der Waals surface area contributed by atoms with Gasteiger partial charge in [0.1, 0.15) is 0 Å². The second kappa shape index (κ2) is 10.3. The highest BCUT2D eigenvalue weighted by atomic mass is 127. The van der Waals surface area contributed by atoms with Crippen molar-refractivity contribution in [1.29, 1.82) is 0 Å². The number of aryl methyl sites for hydroxylation is 1. The lowest BCUT2D eigenvalue weighted by Crippen LogP contribution is -2.52. The third kappa shape index (κ3) is 5.55. The maximum atomic E-state index is 4.80. The molecular formula is C17H26IN5S2. The maximum Gasteiger partial charge on any atom is 0.194 e. The summed E-state index contributed by atoms with van der Waals surface area (Å²) in [5, 5.41) is 10.3. The van der Waals surface area contributed by atoms with E-state index in [2.05, 4.69) is 56.8 Å². The molecular weight excluding hydrogens is 465 g/mol. The monoisotopic (exact) mass is 491 g/mol. The lowest BCUT2D eigenvalue weighted by Gasteiger charge is -2.37. The van der Waals surface area contributed by atoms with Crippen LogP contribution in [0.25, 0.3) is 0 Å². The molecule has 0 bridgehead atoms. The molecule has 0 atom stereocenters. The van der Waals surface area contributed by atoms with E-state index in [1.54, 1.807) is 11.3 Å². The number of rotatable bonds is 5. The molecule has 5 nitrogen and oxygen atoms in total. The van der Waals surface area contributed by atoms with E-state index < -0.39 is 0 Å². The molecule has 3 rings (SSSR count). The average molecular weight is 491 g/mol. The van der Waals surface area contributed by atoms with E-state index in [0.29, 0.717) is 6.54 Å². The molecule has 3 heterocycles. The number of guanidine groups is 1. The molecule has 0 aromatic carbocycles. The lowest BCUT2D eigenvalue weighted by molar-refractivity contribution is 0.373. The van der Waals surface area contributed by atoms with E-state index >= 15 is 0 Å². The summed E-state index contributed by atoms with van der Waals surface area (Å²) in [5.41, 5.74) is 1.07. The first-order valence-electron chi connectivity index (χ1n) is 8.55. The van der Waals surface area contributed by atoms with Crippen LogP contribution in [0.2, 0.25) is 0 Å². The fraction of sp³-hybridized carbons (Fsp3) is 0.529. The second-order valence-corrected chi connectivity index (χ2v) is 7.55. The van der Waals surface area contributed by atoms with E-state index in [4.69, 9.17) is 4.99 Å². The van der Waals surface area contributed by atoms with E-state index in [-0.39, 0.29) is 24.0 Å². The number of thiophene rings is 1. The van der Waals surface area contributed by atoms with Gasteiger partial charge in [-0.2, -0.15) is 0 Å². The number of nitrogens with zero attached hydrogens (tertiary/aromatic N) is 4. The van der Waals surface area contributed by atoms with Crippen LogP contribution >= 0.6 is 46.7 Å². The van der Waals surface area contributed by atoms with E-state index in [9.17, 15) is 0 Å². The molecule has 1 N–H and O–H groups in total. The number of anilines is 1. The normalized spacial score (nSPS) is 15.2. The minimum atomic E-state index is 0. The molecule has 0 amide bonds. The Labute approximate surface area is 175 Å². The molecule has 1 aliphatic rings. The predicted molar refractivity (Wildman–Crippen MR) is 120 cm³/mol. The van der Waals surface area contributed by atoms with Gasteiger partial charge in [-0.1, -0.05) is 6.92 Å². The summed E-state index contributed by atoms with van der Waals surface area (Å²) in [5.74, 6) is 1.01. The molecule has 0 spiro atoms. The smallest absolute Gasteiger partial charge is 0.194 e. The quantitative estimate of drug-likeness (QED) is 0.394. The van der Waals surface area contributed by atoms with Crippen molar-refractivity contribution in [3.8, 4) is 0 Å². The summed E-state index contributed by atoms with van der Waals surface area (Å²) in [7, 11) is 0. The Balaban J connectivity index is 0.00000225. The Kier molecular flexibility index (Phi) is 8.44. The average Bonchev–Trinajstić information content (AvgIpc) is 3.30. The van der Waals surface area contributed by atoms with Crippen molar-refractivity contribution in [2.24, 2.45) is 4.99 Å². The highest BCUT2D eigenvalue weighted by molar-refractivity contribution is 14.0. The minimum absolute atomic E-state index is 0. The van der Waals surface area contributed by atoms with E-state index in [1.165, 1.54) is 10.0 Å². The van der Waals surface area contributed by atoms with Gasteiger partial charge in [-0.05, 0) is 30.9 Å². The van der Waals surface area contributed by atoms with E-state index in [1.807, 2.05) is 11.3 Å². The van der Waals surface area contributed by atoms with Crippen LogP contribution < -0.4 is 10.2 Å². The maximum absolute atomic E-state index is 4.80. The number of aromatic nitrogens is 1. The minimum Gasteiger partial charge on any atom is -0.360 e. The third-order valence-electron chi connectivity index (χ3n) is 4.02. The van der Waals surface area contributed by atoms with Gasteiger partial charge in [0.2, 0.25) is 0 Å². The Morgan fingerprint density at radius 3 is 2.64 bits per heavy atom. The molecule has 0 aliphatic carbocycles. The number of hydrogen-bond donors (Lipinski definition) is 1. The first kappa shape index (κ1) is 20.4. The molecule has 0 radical (unpaired) electrons. The third-order valence-corrected chi connectivity index (χ3v) is 6.00. The van der Waals surface area contributed by atoms with Crippen LogP contribution in [0.1, 0.15) is 24.5 Å². The van der Waals surface area contributed by atoms with E-state index in [0.717, 1.165) is 50.8 Å². The van der Waals surface area contributed by atoms with Gasteiger partial charge in [-0.25, -0.2) is 9.98 Å². The highest BCUT2D eigenvalue weighted by Gasteiger charge is 2.20. The second-order valence-electron chi connectivity index (χ2n) is 5.68. The first-order valence-corrected chi connectivity index (χ1v) is 10.3. The number of piperazine rings is 1. The zero-order valence-electron chi connectivity index (χ0n) is 14.8. The van der Waals surface area contributed by atoms with Gasteiger partial charge in [0.05, 0.1) is 22.2 Å². The summed E-state index contributed by atoms with van der Waals surface area (Å²) in [4.78, 5) is 14.2.